The molecule has 23 heavy (non-hydrogen) atoms. The topological polar surface area (TPSA) is 59.1 Å². The number of likely N-dealkylation sites (tertiary alicyclic amines) is 1. The first-order valence-corrected chi connectivity index (χ1v) is 10.7. The molecule has 0 amide bonds. The minimum absolute atomic E-state index is 0.0787. The molecule has 1 unspecified atom stereocenters. The highest BCUT2D eigenvalue weighted by Gasteiger charge is 2.31. The Hall–Kier alpha value is -0.210. The van der Waals surface area contributed by atoms with Crippen molar-refractivity contribution in [2.24, 2.45) is 0 Å². The Balaban J connectivity index is 1.40. The summed E-state index contributed by atoms with van der Waals surface area (Å²) < 4.78 is 37.4. The van der Waals surface area contributed by atoms with Crippen LogP contribution in [0.25, 0.3) is 0 Å². The van der Waals surface area contributed by atoms with Gasteiger partial charge in [-0.1, -0.05) is 6.42 Å². The van der Waals surface area contributed by atoms with Crippen molar-refractivity contribution in [2.45, 2.75) is 50.7 Å². The second-order valence-electron chi connectivity index (χ2n) is 6.90. The summed E-state index contributed by atoms with van der Waals surface area (Å²) in [5.41, 5.74) is 0. The molecule has 3 aliphatic heterocycles. The van der Waals surface area contributed by atoms with Gasteiger partial charge in [-0.05, 0) is 45.2 Å². The van der Waals surface area contributed by atoms with Crippen molar-refractivity contribution >= 4 is 10.0 Å². The summed E-state index contributed by atoms with van der Waals surface area (Å²) in [4.78, 5) is 2.57. The highest BCUT2D eigenvalue weighted by atomic mass is 32.2. The van der Waals surface area contributed by atoms with Crippen LogP contribution in [0.5, 0.6) is 0 Å². The SMILES string of the molecule is O=S(=O)(CCOC1CCOC1)N1CCC(N2CCCCC2)CC1. The van der Waals surface area contributed by atoms with E-state index in [1.165, 1.54) is 32.4 Å². The van der Waals surface area contributed by atoms with Gasteiger partial charge >= 0.3 is 0 Å². The van der Waals surface area contributed by atoms with E-state index >= 15 is 0 Å². The maximum atomic E-state index is 12.4. The molecule has 0 spiro atoms. The molecule has 0 radical (unpaired) electrons. The second-order valence-corrected chi connectivity index (χ2v) is 8.99. The van der Waals surface area contributed by atoms with E-state index in [0.29, 0.717) is 25.7 Å². The summed E-state index contributed by atoms with van der Waals surface area (Å²) in [6.45, 7) is 5.31. The standard InChI is InChI=1S/C16H30N2O4S/c19-23(20,13-12-22-16-6-11-21-14-16)18-9-4-15(5-10-18)17-7-2-1-3-8-17/h15-16H,1-14H2. The van der Waals surface area contributed by atoms with E-state index < -0.39 is 10.0 Å². The third-order valence-electron chi connectivity index (χ3n) is 5.31. The Morgan fingerprint density at radius 3 is 2.39 bits per heavy atom. The minimum Gasteiger partial charge on any atom is -0.379 e. The first kappa shape index (κ1) is 17.6. The van der Waals surface area contributed by atoms with E-state index in [2.05, 4.69) is 4.90 Å². The third kappa shape index (κ3) is 4.89. The zero-order chi connectivity index (χ0) is 16.1. The fourth-order valence-corrected chi connectivity index (χ4v) is 5.19. The van der Waals surface area contributed by atoms with E-state index in [9.17, 15) is 8.42 Å². The second kappa shape index (κ2) is 8.25. The van der Waals surface area contributed by atoms with Crippen LogP contribution in [0.3, 0.4) is 0 Å². The molecule has 0 aromatic rings. The van der Waals surface area contributed by atoms with Gasteiger partial charge in [0.2, 0.25) is 10.0 Å². The maximum Gasteiger partial charge on any atom is 0.216 e. The fourth-order valence-electron chi connectivity index (χ4n) is 3.86. The summed E-state index contributed by atoms with van der Waals surface area (Å²) >= 11 is 0. The van der Waals surface area contributed by atoms with Crippen LogP contribution in [-0.4, -0.2) is 81.5 Å². The van der Waals surface area contributed by atoms with E-state index in [-0.39, 0.29) is 18.5 Å². The van der Waals surface area contributed by atoms with Crippen molar-refractivity contribution in [3.05, 3.63) is 0 Å². The lowest BCUT2D eigenvalue weighted by atomic mass is 10.0. The monoisotopic (exact) mass is 346 g/mol. The Labute approximate surface area is 140 Å². The smallest absolute Gasteiger partial charge is 0.216 e. The Kier molecular flexibility index (Phi) is 6.31. The Morgan fingerprint density at radius 1 is 1.00 bits per heavy atom. The number of sulfonamides is 1. The summed E-state index contributed by atoms with van der Waals surface area (Å²) in [5, 5.41) is 0. The Bertz CT molecular complexity index is 451. The summed E-state index contributed by atoms with van der Waals surface area (Å²) in [6.07, 6.45) is 6.82. The molecule has 0 aliphatic carbocycles. The molecule has 0 aromatic carbocycles. The lowest BCUT2D eigenvalue weighted by molar-refractivity contribution is 0.0514. The highest BCUT2D eigenvalue weighted by molar-refractivity contribution is 7.89. The quantitative estimate of drug-likeness (QED) is 0.720. The van der Waals surface area contributed by atoms with Gasteiger partial charge in [0, 0.05) is 25.7 Å². The largest absolute Gasteiger partial charge is 0.379 e. The molecule has 0 aromatic heterocycles. The molecule has 3 saturated heterocycles. The summed E-state index contributed by atoms with van der Waals surface area (Å²) in [6, 6.07) is 0.577. The molecule has 6 nitrogen and oxygen atoms in total. The first-order valence-electron chi connectivity index (χ1n) is 9.06. The summed E-state index contributed by atoms with van der Waals surface area (Å²) in [5.74, 6) is 0.0951. The highest BCUT2D eigenvalue weighted by Crippen LogP contribution is 2.22. The zero-order valence-corrected chi connectivity index (χ0v) is 14.8. The molecule has 0 bridgehead atoms. The van der Waals surface area contributed by atoms with Gasteiger partial charge in [-0.25, -0.2) is 12.7 Å². The van der Waals surface area contributed by atoms with Crippen LogP contribution >= 0.6 is 0 Å². The molecule has 0 saturated carbocycles. The van der Waals surface area contributed by atoms with Crippen molar-refractivity contribution < 1.29 is 17.9 Å². The van der Waals surface area contributed by atoms with Crippen molar-refractivity contribution in [3.63, 3.8) is 0 Å². The van der Waals surface area contributed by atoms with E-state index in [1.54, 1.807) is 4.31 Å². The molecule has 3 aliphatic rings. The Morgan fingerprint density at radius 2 is 1.74 bits per heavy atom. The van der Waals surface area contributed by atoms with E-state index in [1.807, 2.05) is 0 Å². The van der Waals surface area contributed by atoms with Crippen LogP contribution < -0.4 is 0 Å². The van der Waals surface area contributed by atoms with Gasteiger partial charge in [-0.3, -0.25) is 0 Å². The number of hydrogen-bond donors (Lipinski definition) is 0. The van der Waals surface area contributed by atoms with E-state index in [4.69, 9.17) is 9.47 Å². The van der Waals surface area contributed by atoms with Crippen LogP contribution in [0.2, 0.25) is 0 Å². The van der Waals surface area contributed by atoms with Gasteiger partial charge in [0.25, 0.3) is 0 Å². The van der Waals surface area contributed by atoms with Gasteiger partial charge in [-0.2, -0.15) is 0 Å². The lowest BCUT2D eigenvalue weighted by Gasteiger charge is -2.39. The molecular weight excluding hydrogens is 316 g/mol. The molecule has 7 heteroatoms. The van der Waals surface area contributed by atoms with Gasteiger partial charge in [-0.15, -0.1) is 0 Å². The number of rotatable bonds is 6. The van der Waals surface area contributed by atoms with Crippen LogP contribution in [0.15, 0.2) is 0 Å². The van der Waals surface area contributed by atoms with Crippen LogP contribution in [0, 0.1) is 0 Å². The predicted molar refractivity (Wildman–Crippen MR) is 89.0 cm³/mol. The maximum absolute atomic E-state index is 12.4. The third-order valence-corrected chi connectivity index (χ3v) is 7.14. The molecule has 3 fully saturated rings. The molecule has 3 heterocycles. The first-order chi connectivity index (χ1) is 11.1. The van der Waals surface area contributed by atoms with Crippen molar-refractivity contribution in [3.8, 4) is 0 Å². The number of ether oxygens (including phenoxy) is 2. The normalized spacial score (nSPS) is 29.1. The van der Waals surface area contributed by atoms with Crippen LogP contribution in [-0.2, 0) is 19.5 Å². The van der Waals surface area contributed by atoms with Crippen LogP contribution in [0.1, 0.15) is 38.5 Å². The van der Waals surface area contributed by atoms with Crippen molar-refractivity contribution in [1.29, 1.82) is 0 Å². The predicted octanol–water partition coefficient (Wildman–Crippen LogP) is 1.07. The fraction of sp³-hybridized carbons (Fsp3) is 1.00. The van der Waals surface area contributed by atoms with Gasteiger partial charge < -0.3 is 14.4 Å². The molecule has 134 valence electrons. The van der Waals surface area contributed by atoms with Gasteiger partial charge in [0.15, 0.2) is 0 Å². The lowest BCUT2D eigenvalue weighted by Crippen LogP contribution is -2.48. The molecule has 1 atom stereocenters. The molecular formula is C16H30N2O4S. The van der Waals surface area contributed by atoms with Crippen molar-refractivity contribution in [2.75, 3.05) is 51.8 Å². The number of hydrogen-bond acceptors (Lipinski definition) is 5. The number of nitrogens with zero attached hydrogens (tertiary/aromatic N) is 2. The summed E-state index contributed by atoms with van der Waals surface area (Å²) in [7, 11) is -3.18. The van der Waals surface area contributed by atoms with Gasteiger partial charge in [0.05, 0.1) is 25.1 Å². The van der Waals surface area contributed by atoms with E-state index in [0.717, 1.165) is 25.9 Å². The average molecular weight is 346 g/mol. The zero-order valence-electron chi connectivity index (χ0n) is 14.0. The molecule has 0 N–H and O–H groups in total. The average Bonchev–Trinajstić information content (AvgIpc) is 3.09. The van der Waals surface area contributed by atoms with Gasteiger partial charge in [0.1, 0.15) is 0 Å². The van der Waals surface area contributed by atoms with Crippen LogP contribution in [0.4, 0.5) is 0 Å². The van der Waals surface area contributed by atoms with Crippen molar-refractivity contribution in [1.82, 2.24) is 9.21 Å². The minimum atomic E-state index is -3.18. The molecule has 3 rings (SSSR count). The number of piperidine rings is 2.